The van der Waals surface area contributed by atoms with E-state index in [0.717, 1.165) is 6.07 Å². The number of anilines is 1. The van der Waals surface area contributed by atoms with Crippen LogP contribution in [-0.2, 0) is 10.0 Å². The van der Waals surface area contributed by atoms with Crippen molar-refractivity contribution in [3.63, 3.8) is 0 Å². The van der Waals surface area contributed by atoms with E-state index in [4.69, 9.17) is 21.1 Å². The Bertz CT molecular complexity index is 1950. The molecule has 0 unspecified atom stereocenters. The number of methoxy groups -OCH3 is 2. The summed E-state index contributed by atoms with van der Waals surface area (Å²) in [5, 5.41) is 0.613. The Balaban J connectivity index is 1.61. The maximum Gasteiger partial charge on any atom is 0.263 e. The highest BCUT2D eigenvalue weighted by molar-refractivity contribution is 7.92. The molecule has 0 bridgehead atoms. The van der Waals surface area contributed by atoms with Gasteiger partial charge in [0.15, 0.2) is 0 Å². The second kappa shape index (κ2) is 10.5. The Hall–Kier alpha value is -4.55. The van der Waals surface area contributed by atoms with Gasteiger partial charge in [-0.3, -0.25) is 14.1 Å². The lowest BCUT2D eigenvalue weighted by atomic mass is 10.1. The van der Waals surface area contributed by atoms with Crippen LogP contribution in [0.3, 0.4) is 0 Å². The highest BCUT2D eigenvalue weighted by Crippen LogP contribution is 2.35. The van der Waals surface area contributed by atoms with Crippen molar-refractivity contribution in [2.45, 2.75) is 11.8 Å². The number of hydrogen-bond donors (Lipinski definition) is 1. The molecule has 5 aromatic rings. The van der Waals surface area contributed by atoms with Crippen molar-refractivity contribution < 1.29 is 22.3 Å². The van der Waals surface area contributed by atoms with E-state index in [1.165, 1.54) is 79.8 Å². The standard InChI is InChI=1S/C27H21ClFN5O5S/c1-15-8-25(32-14-31-15)33-40(36,37)18-5-6-22-16(9-18)4-7-26(35)34(22)23-12-21(29)19(11-24(23)38-2)17-10-20(28)27(39-3)30-13-17/h4-14H,1-3H3,(H,31,32,33). The van der Waals surface area contributed by atoms with Gasteiger partial charge < -0.3 is 9.47 Å². The second-order valence-corrected chi connectivity index (χ2v) is 10.7. The molecule has 40 heavy (non-hydrogen) atoms. The lowest BCUT2D eigenvalue weighted by Crippen LogP contribution is -2.19. The molecule has 0 fully saturated rings. The Morgan fingerprint density at radius 2 is 1.77 bits per heavy atom. The van der Waals surface area contributed by atoms with Gasteiger partial charge >= 0.3 is 0 Å². The summed E-state index contributed by atoms with van der Waals surface area (Å²) in [7, 11) is -1.20. The average Bonchev–Trinajstić information content (AvgIpc) is 2.92. The van der Waals surface area contributed by atoms with E-state index in [9.17, 15) is 13.2 Å². The van der Waals surface area contributed by atoms with Crippen LogP contribution in [0, 0.1) is 12.7 Å². The minimum atomic E-state index is -4.01. The Kier molecular flexibility index (Phi) is 7.13. The number of fused-ring (bicyclic) bond motifs is 1. The van der Waals surface area contributed by atoms with E-state index in [-0.39, 0.29) is 38.6 Å². The largest absolute Gasteiger partial charge is 0.495 e. The SMILES string of the molecule is COc1cc(-c2cnc(OC)c(Cl)c2)c(F)cc1-n1c(=O)ccc2cc(S(=O)(=O)Nc3cc(C)ncn3)ccc21. The molecule has 13 heteroatoms. The Morgan fingerprint density at radius 3 is 2.48 bits per heavy atom. The maximum atomic E-state index is 15.5. The van der Waals surface area contributed by atoms with Crippen LogP contribution in [0.5, 0.6) is 11.6 Å². The van der Waals surface area contributed by atoms with Gasteiger partial charge in [-0.15, -0.1) is 0 Å². The average molecular weight is 582 g/mol. The second-order valence-electron chi connectivity index (χ2n) is 8.60. The number of aryl methyl sites for hydroxylation is 1. The molecule has 1 N–H and O–H groups in total. The first kappa shape index (κ1) is 27.0. The zero-order valence-corrected chi connectivity index (χ0v) is 22.9. The van der Waals surface area contributed by atoms with E-state index in [1.807, 2.05) is 0 Å². The van der Waals surface area contributed by atoms with Crippen LogP contribution >= 0.6 is 11.6 Å². The number of hydrogen-bond acceptors (Lipinski definition) is 8. The van der Waals surface area contributed by atoms with Crippen molar-refractivity contribution in [1.82, 2.24) is 19.5 Å². The number of rotatable bonds is 7. The molecule has 3 aromatic heterocycles. The highest BCUT2D eigenvalue weighted by atomic mass is 35.5. The molecule has 0 aliphatic heterocycles. The van der Waals surface area contributed by atoms with Crippen LogP contribution in [0.25, 0.3) is 27.7 Å². The normalized spacial score (nSPS) is 11.4. The molecule has 2 aromatic carbocycles. The van der Waals surface area contributed by atoms with E-state index in [2.05, 4.69) is 19.7 Å². The van der Waals surface area contributed by atoms with Gasteiger partial charge in [0.2, 0.25) is 5.88 Å². The molecule has 0 saturated carbocycles. The summed E-state index contributed by atoms with van der Waals surface area (Å²) in [6.07, 6.45) is 2.66. The van der Waals surface area contributed by atoms with Crippen molar-refractivity contribution in [3.8, 4) is 28.4 Å². The van der Waals surface area contributed by atoms with Gasteiger partial charge in [-0.1, -0.05) is 11.6 Å². The number of nitrogens with one attached hydrogen (secondary N) is 1. The van der Waals surface area contributed by atoms with Crippen molar-refractivity contribution in [1.29, 1.82) is 0 Å². The number of pyridine rings is 2. The molecule has 5 rings (SSSR count). The van der Waals surface area contributed by atoms with Gasteiger partial charge in [0, 0.05) is 46.6 Å². The smallest absolute Gasteiger partial charge is 0.263 e. The monoisotopic (exact) mass is 581 g/mol. The van der Waals surface area contributed by atoms with E-state index in [0.29, 0.717) is 22.2 Å². The minimum absolute atomic E-state index is 0.0566. The number of ether oxygens (including phenoxy) is 2. The molecule has 0 radical (unpaired) electrons. The predicted octanol–water partition coefficient (Wildman–Crippen LogP) is 4.76. The molecule has 0 aliphatic carbocycles. The summed E-state index contributed by atoms with van der Waals surface area (Å²) < 4.78 is 55.8. The lowest BCUT2D eigenvalue weighted by molar-refractivity contribution is 0.398. The molecular formula is C27H21ClFN5O5S. The van der Waals surface area contributed by atoms with Gasteiger partial charge in [0.1, 0.15) is 28.7 Å². The fourth-order valence-electron chi connectivity index (χ4n) is 4.17. The molecule has 0 saturated heterocycles. The van der Waals surface area contributed by atoms with Crippen LogP contribution in [-0.4, -0.2) is 42.2 Å². The summed E-state index contributed by atoms with van der Waals surface area (Å²) in [4.78, 5) is 25.0. The minimum Gasteiger partial charge on any atom is -0.495 e. The van der Waals surface area contributed by atoms with E-state index < -0.39 is 21.4 Å². The summed E-state index contributed by atoms with van der Waals surface area (Å²) in [5.41, 5.74) is 1.09. The molecule has 0 amide bonds. The third-order valence-corrected chi connectivity index (χ3v) is 7.66. The zero-order valence-electron chi connectivity index (χ0n) is 21.3. The molecule has 0 spiro atoms. The number of nitrogens with zero attached hydrogens (tertiary/aromatic N) is 4. The summed E-state index contributed by atoms with van der Waals surface area (Å²) >= 11 is 6.18. The summed E-state index contributed by atoms with van der Waals surface area (Å²) in [6.45, 7) is 1.71. The van der Waals surface area contributed by atoms with E-state index in [1.54, 1.807) is 6.92 Å². The fourth-order valence-corrected chi connectivity index (χ4v) is 5.45. The van der Waals surface area contributed by atoms with Gasteiger partial charge in [0.25, 0.3) is 15.6 Å². The van der Waals surface area contributed by atoms with Crippen LogP contribution in [0.15, 0.2) is 76.8 Å². The molecule has 3 heterocycles. The first-order valence-corrected chi connectivity index (χ1v) is 13.5. The van der Waals surface area contributed by atoms with Crippen LogP contribution in [0.2, 0.25) is 5.02 Å². The Morgan fingerprint density at radius 1 is 0.975 bits per heavy atom. The Labute approximate surface area is 233 Å². The molecule has 0 atom stereocenters. The maximum absolute atomic E-state index is 15.5. The van der Waals surface area contributed by atoms with Crippen molar-refractivity contribution >= 4 is 38.3 Å². The number of aromatic nitrogens is 4. The lowest BCUT2D eigenvalue weighted by Gasteiger charge is -2.17. The van der Waals surface area contributed by atoms with Crippen molar-refractivity contribution in [3.05, 3.63) is 94.0 Å². The molecule has 0 aliphatic rings. The van der Waals surface area contributed by atoms with Crippen LogP contribution < -0.4 is 19.8 Å². The van der Waals surface area contributed by atoms with Gasteiger partial charge in [-0.05, 0) is 43.3 Å². The quantitative estimate of drug-likeness (QED) is 0.292. The highest BCUT2D eigenvalue weighted by Gasteiger charge is 2.20. The molecule has 204 valence electrons. The van der Waals surface area contributed by atoms with Crippen molar-refractivity contribution in [2.24, 2.45) is 0 Å². The third kappa shape index (κ3) is 5.06. The number of sulfonamides is 1. The first-order valence-electron chi connectivity index (χ1n) is 11.7. The zero-order chi connectivity index (χ0) is 28.6. The van der Waals surface area contributed by atoms with E-state index >= 15 is 4.39 Å². The summed E-state index contributed by atoms with van der Waals surface area (Å²) in [5.74, 6) is -0.159. The molecular weight excluding hydrogens is 561 g/mol. The van der Waals surface area contributed by atoms with Crippen LogP contribution in [0.1, 0.15) is 5.69 Å². The topological polar surface area (TPSA) is 125 Å². The van der Waals surface area contributed by atoms with Crippen molar-refractivity contribution in [2.75, 3.05) is 18.9 Å². The first-order chi connectivity index (χ1) is 19.1. The predicted molar refractivity (Wildman–Crippen MR) is 148 cm³/mol. The number of benzene rings is 2. The number of halogens is 2. The third-order valence-electron chi connectivity index (χ3n) is 6.04. The van der Waals surface area contributed by atoms with Gasteiger partial charge in [0.05, 0.1) is 30.3 Å². The van der Waals surface area contributed by atoms with Gasteiger partial charge in [-0.2, -0.15) is 0 Å². The summed E-state index contributed by atoms with van der Waals surface area (Å²) in [6, 6.07) is 12.6. The van der Waals surface area contributed by atoms with Gasteiger partial charge in [-0.25, -0.2) is 27.8 Å². The fraction of sp³-hybridized carbons (Fsp3) is 0.111. The van der Waals surface area contributed by atoms with Crippen LogP contribution in [0.4, 0.5) is 10.2 Å². The molecule has 10 nitrogen and oxygen atoms in total.